The number of hydrogen-bond donors (Lipinski definition) is 0. The quantitative estimate of drug-likeness (QED) is 0.383. The minimum absolute atomic E-state index is 0.591. The summed E-state index contributed by atoms with van der Waals surface area (Å²) in [5.74, 6) is 0. The normalized spacial score (nSPS) is 12.2. The van der Waals surface area contributed by atoms with Gasteiger partial charge in [-0.1, -0.05) is 12.2 Å². The first-order valence-corrected chi connectivity index (χ1v) is 6.26. The van der Waals surface area contributed by atoms with E-state index in [1.807, 2.05) is 6.92 Å². The zero-order valence-corrected chi connectivity index (χ0v) is 11.5. The number of nitrogens with zero attached hydrogens (tertiary/aromatic N) is 1. The van der Waals surface area contributed by atoms with Crippen LogP contribution in [0, 0.1) is 0 Å². The fraction of sp³-hybridized carbons (Fsp3) is 0.667. The highest BCUT2D eigenvalue weighted by atomic mass is 32.1. The molecular formula is C9H19NSSi. The molecule has 0 atom stereocenters. The van der Waals surface area contributed by atoms with E-state index in [4.69, 9.17) is 12.2 Å². The van der Waals surface area contributed by atoms with Gasteiger partial charge in [0, 0.05) is 33.0 Å². The maximum absolute atomic E-state index is 5.03. The number of thiocarbonyl (C=S) groups is 1. The molecule has 0 unspecified atom stereocenters. The van der Waals surface area contributed by atoms with Crippen LogP contribution < -0.4 is 0 Å². The van der Waals surface area contributed by atoms with E-state index in [-0.39, 0.29) is 0 Å². The average Bonchev–Trinajstić information content (AvgIpc) is 1.85. The molecule has 0 heterocycles. The fourth-order valence-corrected chi connectivity index (χ4v) is 2.80. The molecule has 70 valence electrons. The average molecular weight is 201 g/mol. The Morgan fingerprint density at radius 2 is 2.00 bits per heavy atom. The van der Waals surface area contributed by atoms with Crippen molar-refractivity contribution in [2.45, 2.75) is 33.7 Å². The van der Waals surface area contributed by atoms with Crippen LogP contribution in [0.4, 0.5) is 0 Å². The van der Waals surface area contributed by atoms with Gasteiger partial charge in [0.25, 0.3) is 0 Å². The summed E-state index contributed by atoms with van der Waals surface area (Å²) in [6.07, 6.45) is 3.26. The minimum atomic E-state index is 0.591. The van der Waals surface area contributed by atoms with Crippen LogP contribution in [-0.4, -0.2) is 32.2 Å². The van der Waals surface area contributed by atoms with Gasteiger partial charge >= 0.3 is 0 Å². The van der Waals surface area contributed by atoms with Crippen molar-refractivity contribution in [1.82, 2.24) is 4.90 Å². The maximum atomic E-state index is 5.03. The van der Waals surface area contributed by atoms with Crippen molar-refractivity contribution in [1.29, 1.82) is 0 Å². The van der Waals surface area contributed by atoms with E-state index in [0.717, 1.165) is 4.86 Å². The van der Waals surface area contributed by atoms with Gasteiger partial charge in [0.05, 0.1) is 0 Å². The highest BCUT2D eigenvalue weighted by Crippen LogP contribution is 2.07. The van der Waals surface area contributed by atoms with Gasteiger partial charge in [0.2, 0.25) is 0 Å². The van der Waals surface area contributed by atoms with Crippen molar-refractivity contribution in [2.24, 2.45) is 0 Å². The summed E-state index contributed by atoms with van der Waals surface area (Å²) >= 11 is 5.03. The minimum Gasteiger partial charge on any atom is -0.377 e. The molecule has 12 heavy (non-hydrogen) atoms. The zero-order valence-electron chi connectivity index (χ0n) is 8.72. The summed E-state index contributed by atoms with van der Waals surface area (Å²) in [5, 5.41) is 0. The van der Waals surface area contributed by atoms with E-state index in [2.05, 4.69) is 31.7 Å². The van der Waals surface area contributed by atoms with Crippen LogP contribution in [0.2, 0.25) is 0 Å². The van der Waals surface area contributed by atoms with Gasteiger partial charge in [-0.25, -0.2) is 0 Å². The predicted octanol–water partition coefficient (Wildman–Crippen LogP) is 1.31. The zero-order chi connectivity index (χ0) is 9.72. The van der Waals surface area contributed by atoms with Crippen molar-refractivity contribution in [3.8, 4) is 0 Å². The summed E-state index contributed by atoms with van der Waals surface area (Å²) in [6.45, 7) is 8.53. The van der Waals surface area contributed by atoms with Gasteiger partial charge in [-0.2, -0.15) is 0 Å². The molecule has 0 N–H and O–H groups in total. The predicted molar refractivity (Wildman–Crippen MR) is 63.8 cm³/mol. The fourth-order valence-electron chi connectivity index (χ4n) is 1.40. The molecule has 0 rings (SSSR count). The second kappa shape index (κ2) is 5.49. The summed E-state index contributed by atoms with van der Waals surface area (Å²) in [4.78, 5) is 3.36. The highest BCUT2D eigenvalue weighted by Gasteiger charge is 2.06. The van der Waals surface area contributed by atoms with Crippen LogP contribution >= 0.6 is 12.2 Å². The molecule has 0 amide bonds. The van der Waals surface area contributed by atoms with E-state index in [9.17, 15) is 0 Å². The third-order valence-electron chi connectivity index (χ3n) is 1.83. The Bertz CT molecular complexity index is 187. The lowest BCUT2D eigenvalue weighted by atomic mass is 10.3. The molecule has 3 heteroatoms. The molecule has 1 nitrogen and oxygen atoms in total. The molecule has 0 spiro atoms. The lowest BCUT2D eigenvalue weighted by Gasteiger charge is -2.28. The smallest absolute Gasteiger partial charge is 0.0272 e. The second-order valence-corrected chi connectivity index (χ2v) is 4.55. The lowest BCUT2D eigenvalue weighted by molar-refractivity contribution is 0.329. The molecule has 0 saturated heterocycles. The largest absolute Gasteiger partial charge is 0.377 e. The van der Waals surface area contributed by atoms with E-state index < -0.39 is 0 Å². The van der Waals surface area contributed by atoms with Crippen molar-refractivity contribution < 1.29 is 0 Å². The van der Waals surface area contributed by atoms with Crippen LogP contribution in [0.15, 0.2) is 11.8 Å². The van der Waals surface area contributed by atoms with Gasteiger partial charge < -0.3 is 4.90 Å². The summed E-state index contributed by atoms with van der Waals surface area (Å²) in [7, 11) is 1.21. The van der Waals surface area contributed by atoms with Crippen LogP contribution in [0.3, 0.4) is 0 Å². The monoisotopic (exact) mass is 201 g/mol. The highest BCUT2D eigenvalue weighted by molar-refractivity contribution is 7.80. The second-order valence-electron chi connectivity index (χ2n) is 3.28. The van der Waals surface area contributed by atoms with Gasteiger partial charge in [0.15, 0.2) is 0 Å². The number of allylic oxidation sites excluding steroid dienone is 2. The Hall–Kier alpha value is -0.153. The lowest BCUT2D eigenvalue weighted by Crippen LogP contribution is -2.30. The Balaban J connectivity index is 4.40. The van der Waals surface area contributed by atoms with Gasteiger partial charge in [-0.3, -0.25) is 0 Å². The van der Waals surface area contributed by atoms with Gasteiger partial charge in [0.1, 0.15) is 0 Å². The first-order valence-electron chi connectivity index (χ1n) is 4.44. The molecular weight excluding hydrogens is 182 g/mol. The SMILES string of the molecule is CC(=S)/C=C(/C)N(C[SiH3])C(C)C. The van der Waals surface area contributed by atoms with Crippen molar-refractivity contribution >= 4 is 27.3 Å². The molecule has 0 saturated carbocycles. The first-order chi connectivity index (χ1) is 5.49. The molecule has 0 aliphatic carbocycles. The van der Waals surface area contributed by atoms with Crippen LogP contribution in [0.5, 0.6) is 0 Å². The Kier molecular flexibility index (Phi) is 5.42. The number of hydrogen-bond acceptors (Lipinski definition) is 2. The maximum Gasteiger partial charge on any atom is 0.0272 e. The van der Waals surface area contributed by atoms with Gasteiger partial charge in [-0.15, -0.1) is 0 Å². The molecule has 0 fully saturated rings. The molecule has 0 aromatic heterocycles. The van der Waals surface area contributed by atoms with Crippen LogP contribution in [-0.2, 0) is 0 Å². The molecule has 0 aliphatic rings. The van der Waals surface area contributed by atoms with Crippen molar-refractivity contribution in [3.05, 3.63) is 11.8 Å². The van der Waals surface area contributed by atoms with E-state index >= 15 is 0 Å². The molecule has 0 aromatic rings. The van der Waals surface area contributed by atoms with Gasteiger partial charge in [-0.05, 0) is 33.8 Å². The summed E-state index contributed by atoms with van der Waals surface area (Å²) in [6, 6.07) is 0.591. The third-order valence-corrected chi connectivity index (χ3v) is 2.63. The molecule has 0 radical (unpaired) electrons. The van der Waals surface area contributed by atoms with E-state index in [1.165, 1.54) is 22.1 Å². The topological polar surface area (TPSA) is 3.24 Å². The van der Waals surface area contributed by atoms with Crippen LogP contribution in [0.25, 0.3) is 0 Å². The van der Waals surface area contributed by atoms with E-state index in [0.29, 0.717) is 6.04 Å². The molecule has 0 aromatic carbocycles. The standard InChI is InChI=1S/C9H19NSSi/c1-7(2)10(6-12)8(3)5-9(4)11/h5,7H,6H2,1-4,12H3/b8-5-. The molecule has 0 bridgehead atoms. The molecule has 0 aliphatic heterocycles. The van der Waals surface area contributed by atoms with Crippen molar-refractivity contribution in [3.63, 3.8) is 0 Å². The Morgan fingerprint density at radius 1 is 1.50 bits per heavy atom. The van der Waals surface area contributed by atoms with E-state index in [1.54, 1.807) is 0 Å². The third kappa shape index (κ3) is 4.02. The summed E-state index contributed by atoms with van der Waals surface area (Å²) < 4.78 is 0. The Morgan fingerprint density at radius 3 is 2.25 bits per heavy atom. The summed E-state index contributed by atoms with van der Waals surface area (Å²) in [5.41, 5.74) is 1.30. The Labute approximate surface area is 84.3 Å². The number of rotatable bonds is 4. The van der Waals surface area contributed by atoms with Crippen LogP contribution in [0.1, 0.15) is 27.7 Å². The van der Waals surface area contributed by atoms with Crippen molar-refractivity contribution in [2.75, 3.05) is 6.17 Å². The first kappa shape index (κ1) is 11.8.